The monoisotopic (exact) mass is 283 g/mol. The molecule has 0 aromatic carbocycles. The van der Waals surface area contributed by atoms with Crippen LogP contribution in [0.3, 0.4) is 0 Å². The van der Waals surface area contributed by atoms with Crippen LogP contribution in [0.25, 0.3) is 0 Å². The zero-order valence-corrected chi connectivity index (χ0v) is 13.1. The van der Waals surface area contributed by atoms with Crippen LogP contribution in [0.2, 0.25) is 0 Å². The van der Waals surface area contributed by atoms with Gasteiger partial charge in [-0.25, -0.2) is 4.79 Å². The largest absolute Gasteiger partial charge is 0.444 e. The molecule has 1 amide bonds. The molecule has 20 heavy (non-hydrogen) atoms. The van der Waals surface area contributed by atoms with Crippen LogP contribution in [0.4, 0.5) is 4.79 Å². The summed E-state index contributed by atoms with van der Waals surface area (Å²) in [6, 6.07) is 0.425. The van der Waals surface area contributed by atoms with Crippen molar-refractivity contribution in [2.24, 2.45) is 11.7 Å². The standard InChI is InChI=1S/C15H29N3O2/c1-15(2,3)20-14(19)18-7-4-6-12(11-18)13(10-16)17-8-5-9-17/h12-13H,4-11,16H2,1-3H3. The Labute approximate surface area is 122 Å². The van der Waals surface area contributed by atoms with Crippen LogP contribution in [-0.2, 0) is 4.74 Å². The summed E-state index contributed by atoms with van der Waals surface area (Å²) >= 11 is 0. The first-order chi connectivity index (χ1) is 9.40. The number of rotatable bonds is 3. The van der Waals surface area contributed by atoms with Gasteiger partial charge >= 0.3 is 6.09 Å². The Balaban J connectivity index is 1.91. The smallest absolute Gasteiger partial charge is 0.410 e. The molecule has 5 heteroatoms. The topological polar surface area (TPSA) is 58.8 Å². The molecule has 2 unspecified atom stereocenters. The summed E-state index contributed by atoms with van der Waals surface area (Å²) in [4.78, 5) is 16.5. The number of hydrogen-bond acceptors (Lipinski definition) is 4. The van der Waals surface area contributed by atoms with Crippen molar-refractivity contribution in [3.8, 4) is 0 Å². The normalized spacial score (nSPS) is 26.0. The number of amides is 1. The maximum absolute atomic E-state index is 12.2. The predicted molar refractivity (Wildman–Crippen MR) is 79.6 cm³/mol. The van der Waals surface area contributed by atoms with Gasteiger partial charge in [-0.1, -0.05) is 0 Å². The van der Waals surface area contributed by atoms with E-state index in [4.69, 9.17) is 10.5 Å². The maximum Gasteiger partial charge on any atom is 0.410 e. The molecule has 2 fully saturated rings. The SMILES string of the molecule is CC(C)(C)OC(=O)N1CCCC(C(CN)N2CCC2)C1. The lowest BCUT2D eigenvalue weighted by atomic mass is 9.88. The molecular weight excluding hydrogens is 254 g/mol. The summed E-state index contributed by atoms with van der Waals surface area (Å²) in [5.74, 6) is 0.488. The minimum absolute atomic E-state index is 0.179. The molecule has 2 atom stereocenters. The molecule has 0 aromatic heterocycles. The van der Waals surface area contributed by atoms with Gasteiger partial charge in [-0.3, -0.25) is 4.90 Å². The molecular formula is C15H29N3O2. The fraction of sp³-hybridized carbons (Fsp3) is 0.933. The van der Waals surface area contributed by atoms with E-state index in [1.54, 1.807) is 0 Å². The second-order valence-electron chi connectivity index (χ2n) is 7.02. The molecule has 0 bridgehead atoms. The van der Waals surface area contributed by atoms with Gasteiger partial charge in [0.2, 0.25) is 0 Å². The van der Waals surface area contributed by atoms with Crippen molar-refractivity contribution in [3.63, 3.8) is 0 Å². The summed E-state index contributed by atoms with van der Waals surface area (Å²) in [5.41, 5.74) is 5.54. The second-order valence-corrected chi connectivity index (χ2v) is 7.02. The molecule has 0 aliphatic carbocycles. The van der Waals surface area contributed by atoms with Gasteiger partial charge in [-0.2, -0.15) is 0 Å². The highest BCUT2D eigenvalue weighted by Crippen LogP contribution is 2.26. The van der Waals surface area contributed by atoms with E-state index in [2.05, 4.69) is 4.90 Å². The fourth-order valence-corrected chi connectivity index (χ4v) is 3.13. The highest BCUT2D eigenvalue weighted by Gasteiger charge is 2.35. The minimum Gasteiger partial charge on any atom is -0.444 e. The Morgan fingerprint density at radius 3 is 2.50 bits per heavy atom. The third-order valence-corrected chi connectivity index (χ3v) is 4.25. The van der Waals surface area contributed by atoms with Crippen molar-refractivity contribution < 1.29 is 9.53 Å². The Bertz CT molecular complexity index is 337. The van der Waals surface area contributed by atoms with Gasteiger partial charge < -0.3 is 15.4 Å². The quantitative estimate of drug-likeness (QED) is 0.856. The van der Waals surface area contributed by atoms with Gasteiger partial charge in [0.1, 0.15) is 5.60 Å². The number of ether oxygens (including phenoxy) is 1. The van der Waals surface area contributed by atoms with Crippen molar-refractivity contribution in [3.05, 3.63) is 0 Å². The van der Waals surface area contributed by atoms with Crippen LogP contribution in [0.15, 0.2) is 0 Å². The molecule has 2 aliphatic heterocycles. The molecule has 0 spiro atoms. The Kier molecular flexibility index (Phi) is 4.91. The van der Waals surface area contributed by atoms with Crippen molar-refractivity contribution >= 4 is 6.09 Å². The highest BCUT2D eigenvalue weighted by atomic mass is 16.6. The van der Waals surface area contributed by atoms with E-state index in [1.165, 1.54) is 6.42 Å². The summed E-state index contributed by atoms with van der Waals surface area (Å²) in [7, 11) is 0. The van der Waals surface area contributed by atoms with Gasteiger partial charge in [0, 0.05) is 25.7 Å². The summed E-state index contributed by atoms with van der Waals surface area (Å²) in [6.45, 7) is 10.3. The van der Waals surface area contributed by atoms with E-state index in [0.717, 1.165) is 39.0 Å². The molecule has 0 radical (unpaired) electrons. The van der Waals surface area contributed by atoms with E-state index < -0.39 is 5.60 Å². The third-order valence-electron chi connectivity index (χ3n) is 4.25. The number of nitrogens with zero attached hydrogens (tertiary/aromatic N) is 2. The van der Waals surface area contributed by atoms with E-state index in [0.29, 0.717) is 18.5 Å². The predicted octanol–water partition coefficient (Wildman–Crippen LogP) is 1.67. The van der Waals surface area contributed by atoms with Crippen LogP contribution < -0.4 is 5.73 Å². The van der Waals surface area contributed by atoms with Crippen LogP contribution in [0.5, 0.6) is 0 Å². The van der Waals surface area contributed by atoms with Crippen molar-refractivity contribution in [2.45, 2.75) is 51.7 Å². The number of piperidine rings is 1. The molecule has 2 rings (SSSR count). The number of carbonyl (C=O) groups is 1. The average Bonchev–Trinajstić information content (AvgIpc) is 2.31. The van der Waals surface area contributed by atoms with E-state index in [-0.39, 0.29) is 6.09 Å². The van der Waals surface area contributed by atoms with E-state index >= 15 is 0 Å². The molecule has 2 saturated heterocycles. The van der Waals surface area contributed by atoms with Crippen LogP contribution in [0, 0.1) is 5.92 Å². The average molecular weight is 283 g/mol. The van der Waals surface area contributed by atoms with Gasteiger partial charge in [-0.05, 0) is 59.0 Å². The Morgan fingerprint density at radius 2 is 2.00 bits per heavy atom. The summed E-state index contributed by atoms with van der Waals surface area (Å²) < 4.78 is 5.48. The first-order valence-corrected chi connectivity index (χ1v) is 7.83. The minimum atomic E-state index is -0.422. The molecule has 0 saturated carbocycles. The molecule has 0 aromatic rings. The van der Waals surface area contributed by atoms with Gasteiger partial charge in [-0.15, -0.1) is 0 Å². The zero-order valence-electron chi connectivity index (χ0n) is 13.1. The molecule has 116 valence electrons. The van der Waals surface area contributed by atoms with E-state index in [1.807, 2.05) is 25.7 Å². The van der Waals surface area contributed by atoms with Crippen molar-refractivity contribution in [1.29, 1.82) is 0 Å². The fourth-order valence-electron chi connectivity index (χ4n) is 3.13. The molecule has 2 heterocycles. The van der Waals surface area contributed by atoms with E-state index in [9.17, 15) is 4.79 Å². The Morgan fingerprint density at radius 1 is 1.30 bits per heavy atom. The number of nitrogens with two attached hydrogens (primary N) is 1. The highest BCUT2D eigenvalue weighted by molar-refractivity contribution is 5.68. The third kappa shape index (κ3) is 3.85. The van der Waals surface area contributed by atoms with Crippen molar-refractivity contribution in [2.75, 3.05) is 32.7 Å². The summed E-state index contributed by atoms with van der Waals surface area (Å²) in [5, 5.41) is 0. The van der Waals surface area contributed by atoms with Gasteiger partial charge in [0.25, 0.3) is 0 Å². The van der Waals surface area contributed by atoms with Crippen molar-refractivity contribution in [1.82, 2.24) is 9.80 Å². The first-order valence-electron chi connectivity index (χ1n) is 7.83. The van der Waals surface area contributed by atoms with Gasteiger partial charge in [0.15, 0.2) is 0 Å². The number of carbonyl (C=O) groups excluding carboxylic acids is 1. The lowest BCUT2D eigenvalue weighted by Crippen LogP contribution is -2.56. The van der Waals surface area contributed by atoms with Crippen LogP contribution in [-0.4, -0.2) is 60.3 Å². The molecule has 5 nitrogen and oxygen atoms in total. The van der Waals surface area contributed by atoms with Crippen LogP contribution >= 0.6 is 0 Å². The lowest BCUT2D eigenvalue weighted by Gasteiger charge is -2.45. The lowest BCUT2D eigenvalue weighted by molar-refractivity contribution is 0.00334. The van der Waals surface area contributed by atoms with Gasteiger partial charge in [0.05, 0.1) is 0 Å². The first kappa shape index (κ1) is 15.6. The maximum atomic E-state index is 12.2. The van der Waals surface area contributed by atoms with Crippen LogP contribution in [0.1, 0.15) is 40.0 Å². The molecule has 2 aliphatic rings. The second kappa shape index (κ2) is 6.31. The Hall–Kier alpha value is -0.810. The number of hydrogen-bond donors (Lipinski definition) is 1. The molecule has 2 N–H and O–H groups in total. The summed E-state index contributed by atoms with van der Waals surface area (Å²) in [6.07, 6.45) is 3.31. The number of likely N-dealkylation sites (tertiary alicyclic amines) is 2. The zero-order chi connectivity index (χ0) is 14.8.